The van der Waals surface area contributed by atoms with Gasteiger partial charge >= 0.3 is 0 Å². The van der Waals surface area contributed by atoms with Crippen LogP contribution in [0.2, 0.25) is 0 Å². The number of hydrogen-bond acceptors (Lipinski definition) is 2. The average Bonchev–Trinajstić information content (AvgIpc) is 2.78. The van der Waals surface area contributed by atoms with Gasteiger partial charge in [-0.3, -0.25) is 4.79 Å². The van der Waals surface area contributed by atoms with E-state index in [0.717, 1.165) is 24.8 Å². The number of hydrogen-bond donors (Lipinski definition) is 1. The van der Waals surface area contributed by atoms with E-state index in [4.69, 9.17) is 0 Å². The Bertz CT molecular complexity index is 670. The quantitative estimate of drug-likeness (QED) is 0.841. The molecule has 0 aromatic heterocycles. The Hall–Kier alpha value is -1.57. The van der Waals surface area contributed by atoms with E-state index in [-0.39, 0.29) is 11.3 Å². The molecule has 21 heavy (non-hydrogen) atoms. The van der Waals surface area contributed by atoms with Crippen LogP contribution in [-0.4, -0.2) is 10.9 Å². The molecule has 2 nitrogen and oxygen atoms in total. The zero-order valence-corrected chi connectivity index (χ0v) is 12.8. The average molecular weight is 282 g/mol. The lowest BCUT2D eigenvalue weighted by Gasteiger charge is -2.49. The zero-order chi connectivity index (χ0) is 14.8. The molecule has 4 rings (SSSR count). The Morgan fingerprint density at radius 2 is 2.14 bits per heavy atom. The van der Waals surface area contributed by atoms with Crippen molar-refractivity contribution in [2.45, 2.75) is 46.0 Å². The second-order valence-corrected chi connectivity index (χ2v) is 7.12. The highest BCUT2D eigenvalue weighted by molar-refractivity contribution is 6.07. The third-order valence-electron chi connectivity index (χ3n) is 6.23. The van der Waals surface area contributed by atoms with Gasteiger partial charge in [-0.1, -0.05) is 19.4 Å². The number of fused-ring (bicyclic) bond motifs is 3. The van der Waals surface area contributed by atoms with Gasteiger partial charge < -0.3 is 5.11 Å². The van der Waals surface area contributed by atoms with Gasteiger partial charge in [-0.2, -0.15) is 0 Å². The summed E-state index contributed by atoms with van der Waals surface area (Å²) >= 11 is 0. The lowest BCUT2D eigenvalue weighted by atomic mass is 9.54. The molecule has 0 heterocycles. The minimum atomic E-state index is 0.159. The van der Waals surface area contributed by atoms with Crippen molar-refractivity contribution < 1.29 is 9.90 Å². The predicted octanol–water partition coefficient (Wildman–Crippen LogP) is 4.12. The molecule has 1 spiro atoms. The van der Waals surface area contributed by atoms with Gasteiger partial charge in [0.25, 0.3) is 0 Å². The molecule has 1 N–H and O–H groups in total. The molecular formula is C19H22O2. The fraction of sp³-hybridized carbons (Fsp3) is 0.526. The van der Waals surface area contributed by atoms with Gasteiger partial charge in [-0.25, -0.2) is 0 Å². The highest BCUT2D eigenvalue weighted by Crippen LogP contribution is 2.63. The fourth-order valence-electron chi connectivity index (χ4n) is 5.40. The van der Waals surface area contributed by atoms with E-state index in [9.17, 15) is 9.90 Å². The number of rotatable bonds is 1. The summed E-state index contributed by atoms with van der Waals surface area (Å²) in [4.78, 5) is 12.6. The Morgan fingerprint density at radius 1 is 1.33 bits per heavy atom. The number of aromatic hydroxyl groups is 1. The molecule has 1 aromatic carbocycles. The first kappa shape index (κ1) is 13.1. The molecule has 1 aromatic rings. The molecule has 0 unspecified atom stereocenters. The van der Waals surface area contributed by atoms with Gasteiger partial charge in [0.15, 0.2) is 5.78 Å². The lowest BCUT2D eigenvalue weighted by molar-refractivity contribution is -0.122. The number of Topliss-reactive ketones (excluding diaryl/α,β-unsaturated/α-hetero) is 1. The normalized spacial score (nSPS) is 33.9. The summed E-state index contributed by atoms with van der Waals surface area (Å²) in [6.45, 7) is 4.31. The number of carbonyl (C=O) groups excluding carboxylic acids is 1. The lowest BCUT2D eigenvalue weighted by Crippen LogP contribution is -2.43. The minimum absolute atomic E-state index is 0.159. The number of carbonyl (C=O) groups is 1. The summed E-state index contributed by atoms with van der Waals surface area (Å²) in [5, 5.41) is 9.81. The number of ketones is 1. The molecule has 3 aliphatic carbocycles. The second-order valence-electron chi connectivity index (χ2n) is 7.12. The maximum Gasteiger partial charge on any atom is 0.161 e. The van der Waals surface area contributed by atoms with Crippen molar-refractivity contribution in [2.24, 2.45) is 17.3 Å². The largest absolute Gasteiger partial charge is 0.508 e. The second kappa shape index (κ2) is 4.22. The van der Waals surface area contributed by atoms with E-state index in [1.165, 1.54) is 29.5 Å². The molecule has 0 aliphatic heterocycles. The third kappa shape index (κ3) is 1.56. The van der Waals surface area contributed by atoms with Gasteiger partial charge in [0.1, 0.15) is 5.75 Å². The Labute approximate surface area is 125 Å². The van der Waals surface area contributed by atoms with E-state index in [1.54, 1.807) is 6.07 Å². The van der Waals surface area contributed by atoms with Crippen LogP contribution >= 0.6 is 0 Å². The maximum absolute atomic E-state index is 12.6. The van der Waals surface area contributed by atoms with Crippen LogP contribution in [0.3, 0.4) is 0 Å². The maximum atomic E-state index is 12.6. The van der Waals surface area contributed by atoms with Crippen LogP contribution in [-0.2, 0) is 11.2 Å². The van der Waals surface area contributed by atoms with Crippen molar-refractivity contribution in [3.8, 4) is 5.75 Å². The highest BCUT2D eigenvalue weighted by atomic mass is 16.3. The van der Waals surface area contributed by atoms with Gasteiger partial charge in [-0.15, -0.1) is 0 Å². The third-order valence-corrected chi connectivity index (χ3v) is 6.23. The van der Waals surface area contributed by atoms with Crippen molar-refractivity contribution in [3.63, 3.8) is 0 Å². The topological polar surface area (TPSA) is 37.3 Å². The van der Waals surface area contributed by atoms with E-state index in [1.807, 2.05) is 19.1 Å². The summed E-state index contributed by atoms with van der Waals surface area (Å²) in [5.41, 5.74) is 4.92. The van der Waals surface area contributed by atoms with Crippen LogP contribution in [0.1, 0.15) is 50.7 Å². The minimum Gasteiger partial charge on any atom is -0.508 e. The summed E-state index contributed by atoms with van der Waals surface area (Å²) in [6, 6.07) is 5.69. The Balaban J connectivity index is 1.98. The van der Waals surface area contributed by atoms with E-state index in [2.05, 4.69) is 6.92 Å². The SMILES string of the molecule is CC[C@H]1CC[C@@H]2C[C@]13Cc1cc(O)ccc1C3=C(C)C2=O. The van der Waals surface area contributed by atoms with E-state index < -0.39 is 0 Å². The molecule has 1 fully saturated rings. The van der Waals surface area contributed by atoms with Crippen molar-refractivity contribution >= 4 is 11.4 Å². The van der Waals surface area contributed by atoms with Gasteiger partial charge in [0.2, 0.25) is 0 Å². The predicted molar refractivity (Wildman–Crippen MR) is 83.0 cm³/mol. The Morgan fingerprint density at radius 3 is 2.90 bits per heavy atom. The Kier molecular flexibility index (Phi) is 2.64. The number of phenolic OH excluding ortho intramolecular Hbond substituents is 1. The van der Waals surface area contributed by atoms with Gasteiger partial charge in [0.05, 0.1) is 0 Å². The summed E-state index contributed by atoms with van der Waals surface area (Å²) in [7, 11) is 0. The van der Waals surface area contributed by atoms with Crippen LogP contribution in [0, 0.1) is 17.3 Å². The summed E-state index contributed by atoms with van der Waals surface area (Å²) in [5.74, 6) is 1.62. The number of allylic oxidation sites excluding steroid dienone is 2. The first-order valence-corrected chi connectivity index (χ1v) is 8.14. The van der Waals surface area contributed by atoms with Crippen LogP contribution in [0.4, 0.5) is 0 Å². The van der Waals surface area contributed by atoms with Crippen molar-refractivity contribution in [1.29, 1.82) is 0 Å². The van der Waals surface area contributed by atoms with Crippen LogP contribution in [0.15, 0.2) is 23.8 Å². The monoisotopic (exact) mass is 282 g/mol. The molecule has 110 valence electrons. The van der Waals surface area contributed by atoms with Crippen LogP contribution in [0.5, 0.6) is 5.75 Å². The first-order chi connectivity index (χ1) is 10.1. The van der Waals surface area contributed by atoms with E-state index >= 15 is 0 Å². The van der Waals surface area contributed by atoms with Crippen LogP contribution in [0.25, 0.3) is 5.57 Å². The van der Waals surface area contributed by atoms with Crippen molar-refractivity contribution in [3.05, 3.63) is 34.9 Å². The van der Waals surface area contributed by atoms with Gasteiger partial charge in [-0.05, 0) is 72.9 Å². The molecule has 0 amide bonds. The molecule has 1 saturated carbocycles. The first-order valence-electron chi connectivity index (χ1n) is 8.14. The smallest absolute Gasteiger partial charge is 0.161 e. The van der Waals surface area contributed by atoms with Crippen molar-refractivity contribution in [1.82, 2.24) is 0 Å². The molecule has 2 bridgehead atoms. The summed E-state index contributed by atoms with van der Waals surface area (Å²) in [6.07, 6.45) is 5.44. The molecule has 0 saturated heterocycles. The zero-order valence-electron chi connectivity index (χ0n) is 12.8. The van der Waals surface area contributed by atoms with Crippen LogP contribution < -0.4 is 0 Å². The summed E-state index contributed by atoms with van der Waals surface area (Å²) < 4.78 is 0. The molecule has 3 atom stereocenters. The standard InChI is InChI=1S/C19H22O2/c1-3-14-5-4-12-9-19(14)10-13-8-15(20)6-7-16(13)17(19)11(2)18(12)21/h6-8,12,14,20H,3-5,9-10H2,1-2H3/t12-,14+,19+/m1/s1. The number of benzene rings is 1. The molecule has 0 radical (unpaired) electrons. The number of phenols is 1. The van der Waals surface area contributed by atoms with Gasteiger partial charge in [0, 0.05) is 11.3 Å². The van der Waals surface area contributed by atoms with E-state index in [0.29, 0.717) is 17.5 Å². The molecule has 3 aliphatic rings. The highest BCUT2D eigenvalue weighted by Gasteiger charge is 2.55. The molecular weight excluding hydrogens is 260 g/mol. The fourth-order valence-corrected chi connectivity index (χ4v) is 5.40. The molecule has 2 heteroatoms. The van der Waals surface area contributed by atoms with Crippen molar-refractivity contribution in [2.75, 3.05) is 0 Å².